The van der Waals surface area contributed by atoms with E-state index >= 15 is 0 Å². The van der Waals surface area contributed by atoms with Crippen LogP contribution in [0.2, 0.25) is 0 Å². The van der Waals surface area contributed by atoms with E-state index in [2.05, 4.69) is 10.1 Å². The van der Waals surface area contributed by atoms with E-state index in [1.54, 1.807) is 42.5 Å². The molecule has 1 heterocycles. The van der Waals surface area contributed by atoms with Crippen molar-refractivity contribution in [2.75, 3.05) is 25.6 Å². The Morgan fingerprint density at radius 2 is 1.92 bits per heavy atom. The van der Waals surface area contributed by atoms with Crippen LogP contribution >= 0.6 is 0 Å². The first-order chi connectivity index (χ1) is 12.7. The lowest BCUT2D eigenvalue weighted by Gasteiger charge is -2.14. The lowest BCUT2D eigenvalue weighted by Crippen LogP contribution is -2.19. The van der Waals surface area contributed by atoms with Gasteiger partial charge in [0, 0.05) is 12.3 Å². The Morgan fingerprint density at radius 3 is 2.62 bits per heavy atom. The van der Waals surface area contributed by atoms with Crippen LogP contribution in [0, 0.1) is 0 Å². The molecule has 1 aliphatic rings. The number of nitrogens with one attached hydrogen (secondary N) is 1. The standard InChI is InChI=1S/C20H21NO5/c1-24-20(23)14-8-10-15(11-9-14)21-19(22)17-6-2-3-7-18(17)26-13-16-5-4-12-25-16/h2-3,6-11,16H,4-5,12-13H2,1H3,(H,21,22). The van der Waals surface area contributed by atoms with Crippen molar-refractivity contribution in [2.24, 2.45) is 0 Å². The number of benzene rings is 2. The van der Waals surface area contributed by atoms with Gasteiger partial charge in [0.15, 0.2) is 0 Å². The second-order valence-electron chi connectivity index (χ2n) is 5.97. The zero-order valence-electron chi connectivity index (χ0n) is 14.6. The highest BCUT2D eigenvalue weighted by Gasteiger charge is 2.18. The van der Waals surface area contributed by atoms with Crippen LogP contribution in [0.5, 0.6) is 5.75 Å². The highest BCUT2D eigenvalue weighted by atomic mass is 16.5. The quantitative estimate of drug-likeness (QED) is 0.805. The maximum Gasteiger partial charge on any atom is 0.337 e. The average molecular weight is 355 g/mol. The molecule has 1 unspecified atom stereocenters. The van der Waals surface area contributed by atoms with Crippen LogP contribution in [0.15, 0.2) is 48.5 Å². The Bertz CT molecular complexity index is 766. The SMILES string of the molecule is COC(=O)c1ccc(NC(=O)c2ccccc2OCC2CCCO2)cc1. The van der Waals surface area contributed by atoms with Gasteiger partial charge in [0.25, 0.3) is 5.91 Å². The molecule has 0 radical (unpaired) electrons. The predicted molar refractivity (Wildman–Crippen MR) is 96.6 cm³/mol. The molecule has 2 aromatic rings. The van der Waals surface area contributed by atoms with Gasteiger partial charge < -0.3 is 19.5 Å². The van der Waals surface area contributed by atoms with Crippen molar-refractivity contribution in [3.8, 4) is 5.75 Å². The van der Waals surface area contributed by atoms with Gasteiger partial charge in [0.05, 0.1) is 24.3 Å². The molecule has 0 aromatic heterocycles. The summed E-state index contributed by atoms with van der Waals surface area (Å²) in [7, 11) is 1.32. The van der Waals surface area contributed by atoms with E-state index in [4.69, 9.17) is 9.47 Å². The van der Waals surface area contributed by atoms with E-state index in [9.17, 15) is 9.59 Å². The Labute approximate surface area is 152 Å². The molecular formula is C20H21NO5. The van der Waals surface area contributed by atoms with Crippen LogP contribution in [0.1, 0.15) is 33.6 Å². The topological polar surface area (TPSA) is 73.9 Å². The summed E-state index contributed by atoms with van der Waals surface area (Å²) in [6.07, 6.45) is 2.09. The first kappa shape index (κ1) is 17.9. The second kappa shape index (κ2) is 8.49. The third kappa shape index (κ3) is 4.40. The lowest BCUT2D eigenvalue weighted by molar-refractivity contribution is 0.0600. The molecule has 0 bridgehead atoms. The fraction of sp³-hybridized carbons (Fsp3) is 0.300. The Morgan fingerprint density at radius 1 is 1.15 bits per heavy atom. The minimum Gasteiger partial charge on any atom is -0.490 e. The van der Waals surface area contributed by atoms with Crippen LogP contribution in [0.4, 0.5) is 5.69 Å². The summed E-state index contributed by atoms with van der Waals surface area (Å²) < 4.78 is 16.0. The lowest BCUT2D eigenvalue weighted by atomic mass is 10.1. The van der Waals surface area contributed by atoms with E-state index in [1.165, 1.54) is 7.11 Å². The van der Waals surface area contributed by atoms with Crippen molar-refractivity contribution in [3.63, 3.8) is 0 Å². The van der Waals surface area contributed by atoms with Crippen molar-refractivity contribution in [1.82, 2.24) is 0 Å². The number of ether oxygens (including phenoxy) is 3. The van der Waals surface area contributed by atoms with Gasteiger partial charge in [-0.1, -0.05) is 12.1 Å². The zero-order chi connectivity index (χ0) is 18.4. The molecule has 6 heteroatoms. The number of carbonyl (C=O) groups is 2. The van der Waals surface area contributed by atoms with Crippen molar-refractivity contribution in [2.45, 2.75) is 18.9 Å². The molecule has 1 fully saturated rings. The third-order valence-corrected chi connectivity index (χ3v) is 4.14. The first-order valence-corrected chi connectivity index (χ1v) is 8.50. The smallest absolute Gasteiger partial charge is 0.337 e. The van der Waals surface area contributed by atoms with E-state index in [-0.39, 0.29) is 12.0 Å². The fourth-order valence-corrected chi connectivity index (χ4v) is 2.74. The Kier molecular flexibility index (Phi) is 5.86. The molecular weight excluding hydrogens is 334 g/mol. The van der Waals surface area contributed by atoms with Crippen LogP contribution < -0.4 is 10.1 Å². The summed E-state index contributed by atoms with van der Waals surface area (Å²) in [4.78, 5) is 24.0. The largest absolute Gasteiger partial charge is 0.490 e. The van der Waals surface area contributed by atoms with E-state index in [0.29, 0.717) is 29.2 Å². The Balaban J connectivity index is 1.66. The summed E-state index contributed by atoms with van der Waals surface area (Å²) in [6, 6.07) is 13.6. The van der Waals surface area contributed by atoms with Crippen LogP contribution in [0.3, 0.4) is 0 Å². The van der Waals surface area contributed by atoms with E-state index < -0.39 is 5.97 Å². The molecule has 0 saturated carbocycles. The van der Waals surface area contributed by atoms with Gasteiger partial charge in [0.1, 0.15) is 12.4 Å². The van der Waals surface area contributed by atoms with Gasteiger partial charge >= 0.3 is 5.97 Å². The minimum atomic E-state index is -0.421. The maximum atomic E-state index is 12.6. The van der Waals surface area contributed by atoms with E-state index in [1.807, 2.05) is 6.07 Å². The highest BCUT2D eigenvalue weighted by Crippen LogP contribution is 2.22. The number of carbonyl (C=O) groups excluding carboxylic acids is 2. The van der Waals surface area contributed by atoms with Gasteiger partial charge in [-0.25, -0.2) is 4.79 Å². The van der Waals surface area contributed by atoms with Crippen LogP contribution in [-0.4, -0.2) is 38.3 Å². The summed E-state index contributed by atoms with van der Waals surface area (Å²) >= 11 is 0. The molecule has 26 heavy (non-hydrogen) atoms. The van der Waals surface area contributed by atoms with Gasteiger partial charge in [0.2, 0.25) is 0 Å². The van der Waals surface area contributed by atoms with Crippen molar-refractivity contribution in [1.29, 1.82) is 0 Å². The number of para-hydroxylation sites is 1. The maximum absolute atomic E-state index is 12.6. The van der Waals surface area contributed by atoms with Gasteiger partial charge in [-0.3, -0.25) is 4.79 Å². The molecule has 2 aromatic carbocycles. The molecule has 0 spiro atoms. The fourth-order valence-electron chi connectivity index (χ4n) is 2.74. The molecule has 0 aliphatic carbocycles. The second-order valence-corrected chi connectivity index (χ2v) is 5.97. The van der Waals surface area contributed by atoms with Gasteiger partial charge in [-0.05, 0) is 49.2 Å². The van der Waals surface area contributed by atoms with Crippen LogP contribution in [0.25, 0.3) is 0 Å². The summed E-state index contributed by atoms with van der Waals surface area (Å²) in [6.45, 7) is 1.19. The van der Waals surface area contributed by atoms with Crippen LogP contribution in [-0.2, 0) is 9.47 Å². The number of anilines is 1. The molecule has 3 rings (SSSR count). The van der Waals surface area contributed by atoms with Crippen molar-refractivity contribution >= 4 is 17.6 Å². The third-order valence-electron chi connectivity index (χ3n) is 4.14. The normalized spacial score (nSPS) is 16.1. The molecule has 1 saturated heterocycles. The number of esters is 1. The molecule has 136 valence electrons. The number of amides is 1. The van der Waals surface area contributed by atoms with E-state index in [0.717, 1.165) is 19.4 Å². The first-order valence-electron chi connectivity index (χ1n) is 8.50. The average Bonchev–Trinajstić information content (AvgIpc) is 3.20. The van der Waals surface area contributed by atoms with Gasteiger partial charge in [-0.15, -0.1) is 0 Å². The summed E-state index contributed by atoms with van der Waals surface area (Å²) in [5.74, 6) is -0.179. The molecule has 1 N–H and O–H groups in total. The summed E-state index contributed by atoms with van der Waals surface area (Å²) in [5.41, 5.74) is 1.45. The minimum absolute atomic E-state index is 0.0805. The highest BCUT2D eigenvalue weighted by molar-refractivity contribution is 6.06. The number of hydrogen-bond acceptors (Lipinski definition) is 5. The molecule has 1 amide bonds. The molecule has 1 atom stereocenters. The molecule has 1 aliphatic heterocycles. The van der Waals surface area contributed by atoms with Crippen molar-refractivity contribution in [3.05, 3.63) is 59.7 Å². The van der Waals surface area contributed by atoms with Gasteiger partial charge in [-0.2, -0.15) is 0 Å². The zero-order valence-corrected chi connectivity index (χ0v) is 14.6. The Hall–Kier alpha value is -2.86. The number of hydrogen-bond donors (Lipinski definition) is 1. The summed E-state index contributed by atoms with van der Waals surface area (Å²) in [5, 5.41) is 2.81. The van der Waals surface area contributed by atoms with Crippen molar-refractivity contribution < 1.29 is 23.8 Å². The molecule has 6 nitrogen and oxygen atoms in total. The predicted octanol–water partition coefficient (Wildman–Crippen LogP) is 3.28. The number of rotatable bonds is 6. The number of methoxy groups -OCH3 is 1. The monoisotopic (exact) mass is 355 g/mol.